The zero-order valence-corrected chi connectivity index (χ0v) is 30.3. The van der Waals surface area contributed by atoms with Gasteiger partial charge in [0, 0.05) is 43.5 Å². The van der Waals surface area contributed by atoms with Crippen LogP contribution >= 0.6 is 0 Å². The Hall–Kier alpha value is -2.68. The fourth-order valence-electron chi connectivity index (χ4n) is 9.01. The molecule has 0 bridgehead atoms. The summed E-state index contributed by atoms with van der Waals surface area (Å²) in [5, 5.41) is 0. The molecule has 45 heavy (non-hydrogen) atoms. The first-order chi connectivity index (χ1) is 21.6. The first-order valence-electron chi connectivity index (χ1n) is 17.0. The molecule has 0 spiro atoms. The van der Waals surface area contributed by atoms with Crippen LogP contribution in [0.1, 0.15) is 112 Å². The van der Waals surface area contributed by atoms with Crippen molar-refractivity contribution in [3.63, 3.8) is 0 Å². The van der Waals surface area contributed by atoms with Crippen LogP contribution in [0.15, 0.2) is 82.8 Å². The third-order valence-corrected chi connectivity index (χ3v) is 10.6. The van der Waals surface area contributed by atoms with Gasteiger partial charge in [-0.3, -0.25) is 0 Å². The molecule has 0 amide bonds. The number of benzene rings is 4. The maximum absolute atomic E-state index is 4.44. The topological polar surface area (TPSA) is 24.7 Å². The van der Waals surface area contributed by atoms with Crippen LogP contribution in [0.4, 0.5) is 11.4 Å². The zero-order valence-electron chi connectivity index (χ0n) is 27.5. The van der Waals surface area contributed by atoms with Gasteiger partial charge in [0.15, 0.2) is 0 Å². The summed E-state index contributed by atoms with van der Waals surface area (Å²) < 4.78 is 0. The van der Waals surface area contributed by atoms with E-state index in [0.29, 0.717) is 0 Å². The van der Waals surface area contributed by atoms with E-state index in [1.807, 2.05) is 0 Å². The SMILES string of the molecule is CCCC1(CCC)c2ccccc2-c2cc3c(cc21)C[C-]=N3.CCCC1(CCC)c2ccccc2-c2cc3c(cc21)C[C-]=N3.[Y]. The van der Waals surface area contributed by atoms with Crippen molar-refractivity contribution in [1.82, 2.24) is 0 Å². The second-order valence-electron chi connectivity index (χ2n) is 13.2. The summed E-state index contributed by atoms with van der Waals surface area (Å²) in [6.07, 6.45) is 17.8. The second kappa shape index (κ2) is 13.2. The Bertz CT molecular complexity index is 1630. The standard InChI is InChI=1S/2C21H22N.Y/c2*1-3-10-21(11-4-2)18-8-6-5-7-16(18)17-14-20-15(9-12-22-20)13-19(17)21;/h2*5-8,13-14H,3-4,9-11H2,1-2H3;/q2*-1;. The van der Waals surface area contributed by atoms with Crippen LogP contribution in [-0.4, -0.2) is 12.4 Å². The summed E-state index contributed by atoms with van der Waals surface area (Å²) >= 11 is 0. The Morgan fingerprint density at radius 3 is 1.27 bits per heavy atom. The van der Waals surface area contributed by atoms with Gasteiger partial charge in [-0.15, -0.1) is 23.3 Å². The molecular weight excluding hydrogens is 621 g/mol. The Balaban J connectivity index is 0.000000155. The van der Waals surface area contributed by atoms with E-state index in [-0.39, 0.29) is 43.5 Å². The smallest absolute Gasteiger partial charge is 0.0214 e. The van der Waals surface area contributed by atoms with Gasteiger partial charge in [-0.1, -0.05) is 138 Å². The number of aliphatic imine (C=N–C) groups is 2. The third kappa shape index (κ3) is 5.16. The molecule has 227 valence electrons. The number of hydrogen-bond acceptors (Lipinski definition) is 2. The average Bonchev–Trinajstić information content (AvgIpc) is 3.81. The van der Waals surface area contributed by atoms with Gasteiger partial charge in [0.25, 0.3) is 0 Å². The second-order valence-corrected chi connectivity index (χ2v) is 13.2. The average molecular weight is 666 g/mol. The molecule has 0 fully saturated rings. The van der Waals surface area contributed by atoms with Gasteiger partial charge >= 0.3 is 0 Å². The van der Waals surface area contributed by atoms with Crippen molar-refractivity contribution >= 4 is 23.8 Å². The molecule has 8 rings (SSSR count). The van der Waals surface area contributed by atoms with Crippen LogP contribution in [0.2, 0.25) is 0 Å². The van der Waals surface area contributed by atoms with Crippen LogP contribution < -0.4 is 0 Å². The molecule has 0 atom stereocenters. The number of fused-ring (bicyclic) bond motifs is 8. The van der Waals surface area contributed by atoms with Crippen molar-refractivity contribution < 1.29 is 32.7 Å². The molecular formula is C42H44N2Y-2. The monoisotopic (exact) mass is 665 g/mol. The molecule has 0 aromatic heterocycles. The summed E-state index contributed by atoms with van der Waals surface area (Å²) in [6.45, 7) is 9.23. The third-order valence-electron chi connectivity index (χ3n) is 10.6. The molecule has 3 heteroatoms. The minimum absolute atomic E-state index is 0. The number of hydrogen-bond donors (Lipinski definition) is 0. The van der Waals surface area contributed by atoms with Crippen molar-refractivity contribution in [3.8, 4) is 22.3 Å². The molecule has 0 saturated heterocycles. The number of rotatable bonds is 8. The number of nitrogens with zero attached hydrogens (tertiary/aromatic N) is 2. The zero-order chi connectivity index (χ0) is 30.3. The molecule has 2 heterocycles. The van der Waals surface area contributed by atoms with E-state index in [9.17, 15) is 0 Å². The maximum atomic E-state index is 4.44. The first-order valence-corrected chi connectivity index (χ1v) is 17.0. The molecule has 2 aliphatic carbocycles. The van der Waals surface area contributed by atoms with E-state index in [2.05, 4.69) is 123 Å². The van der Waals surface area contributed by atoms with E-state index in [0.717, 1.165) is 24.2 Å². The molecule has 0 saturated carbocycles. The van der Waals surface area contributed by atoms with Gasteiger partial charge < -0.3 is 9.98 Å². The van der Waals surface area contributed by atoms with Crippen molar-refractivity contribution in [3.05, 3.63) is 106 Å². The van der Waals surface area contributed by atoms with E-state index < -0.39 is 0 Å². The summed E-state index contributed by atoms with van der Waals surface area (Å²) in [5.74, 6) is 0. The normalized spacial score (nSPS) is 16.1. The fourth-order valence-corrected chi connectivity index (χ4v) is 9.01. The van der Waals surface area contributed by atoms with Crippen LogP contribution in [0.25, 0.3) is 22.3 Å². The predicted molar refractivity (Wildman–Crippen MR) is 187 cm³/mol. The fraction of sp³-hybridized carbons (Fsp3) is 0.381. The summed E-state index contributed by atoms with van der Waals surface area (Å²) in [7, 11) is 0. The van der Waals surface area contributed by atoms with E-state index in [1.54, 1.807) is 0 Å². The Morgan fingerprint density at radius 2 is 0.889 bits per heavy atom. The summed E-state index contributed by atoms with van der Waals surface area (Å²) in [6, 6.07) is 27.5. The van der Waals surface area contributed by atoms with Gasteiger partial charge in [0.1, 0.15) is 0 Å². The summed E-state index contributed by atoms with van der Waals surface area (Å²) in [4.78, 5) is 8.88. The minimum Gasteiger partial charge on any atom is -0.456 e. The van der Waals surface area contributed by atoms with Gasteiger partial charge in [-0.25, -0.2) is 0 Å². The Labute approximate surface area is 295 Å². The van der Waals surface area contributed by atoms with Crippen molar-refractivity contribution in [2.75, 3.05) is 0 Å². The first kappa shape index (κ1) is 32.3. The Kier molecular flexibility index (Phi) is 9.47. The molecule has 4 aliphatic rings. The van der Waals surface area contributed by atoms with Crippen molar-refractivity contribution in [2.45, 2.75) is 103 Å². The maximum Gasteiger partial charge on any atom is 0.0214 e. The van der Waals surface area contributed by atoms with Crippen molar-refractivity contribution in [1.29, 1.82) is 0 Å². The molecule has 0 N–H and O–H groups in total. The van der Waals surface area contributed by atoms with Crippen LogP contribution in [-0.2, 0) is 56.4 Å². The van der Waals surface area contributed by atoms with Gasteiger partial charge in [0.2, 0.25) is 0 Å². The van der Waals surface area contributed by atoms with Gasteiger partial charge in [0.05, 0.1) is 0 Å². The summed E-state index contributed by atoms with van der Waals surface area (Å²) in [5.41, 5.74) is 17.1. The van der Waals surface area contributed by atoms with Gasteiger partial charge in [-0.05, 0) is 70.2 Å². The molecule has 4 aromatic rings. The van der Waals surface area contributed by atoms with E-state index >= 15 is 0 Å². The minimum atomic E-state index is 0. The molecule has 4 aromatic carbocycles. The van der Waals surface area contributed by atoms with Crippen LogP contribution in [0, 0.1) is 0 Å². The molecule has 2 aliphatic heterocycles. The molecule has 1 radical (unpaired) electrons. The van der Waals surface area contributed by atoms with E-state index in [4.69, 9.17) is 0 Å². The molecule has 0 unspecified atom stereocenters. The quantitative estimate of drug-likeness (QED) is 0.167. The largest absolute Gasteiger partial charge is 0.456 e. The van der Waals surface area contributed by atoms with Crippen LogP contribution in [0.5, 0.6) is 0 Å². The van der Waals surface area contributed by atoms with Crippen LogP contribution in [0.3, 0.4) is 0 Å². The molecule has 2 nitrogen and oxygen atoms in total. The van der Waals surface area contributed by atoms with Crippen molar-refractivity contribution in [2.24, 2.45) is 9.98 Å². The van der Waals surface area contributed by atoms with Gasteiger partial charge in [-0.2, -0.15) is 12.4 Å². The Morgan fingerprint density at radius 1 is 0.511 bits per heavy atom. The predicted octanol–water partition coefficient (Wildman–Crippen LogP) is 11.4. The van der Waals surface area contributed by atoms with E-state index in [1.165, 1.54) is 107 Å².